The molecule has 1 amide bonds. The predicted molar refractivity (Wildman–Crippen MR) is 82.2 cm³/mol. The molecule has 0 saturated heterocycles. The zero-order chi connectivity index (χ0) is 15.2. The number of pyridine rings is 1. The molecular formula is C16H18FN3O. The fourth-order valence-corrected chi connectivity index (χ4v) is 2.03. The van der Waals surface area contributed by atoms with Crippen molar-refractivity contribution in [3.05, 3.63) is 54.0 Å². The molecule has 0 unspecified atom stereocenters. The highest BCUT2D eigenvalue weighted by Gasteiger charge is 2.08. The molecular weight excluding hydrogens is 269 g/mol. The molecule has 2 rings (SSSR count). The quantitative estimate of drug-likeness (QED) is 0.917. The Morgan fingerprint density at radius 3 is 2.33 bits per heavy atom. The van der Waals surface area contributed by atoms with Crippen LogP contribution in [-0.4, -0.2) is 24.0 Å². The Kier molecular flexibility index (Phi) is 4.87. The maximum atomic E-state index is 12.8. The Labute approximate surface area is 123 Å². The van der Waals surface area contributed by atoms with Gasteiger partial charge in [0.15, 0.2) is 0 Å². The largest absolute Gasteiger partial charge is 0.371 e. The second-order valence-corrected chi connectivity index (χ2v) is 4.53. The van der Waals surface area contributed by atoms with Crippen molar-refractivity contribution < 1.29 is 9.18 Å². The van der Waals surface area contributed by atoms with E-state index in [0.717, 1.165) is 18.8 Å². The molecule has 0 aliphatic carbocycles. The van der Waals surface area contributed by atoms with Crippen LogP contribution in [0.4, 0.5) is 15.9 Å². The van der Waals surface area contributed by atoms with Crippen molar-refractivity contribution in [3.63, 3.8) is 0 Å². The number of hydrogen-bond acceptors (Lipinski definition) is 3. The van der Waals surface area contributed by atoms with Gasteiger partial charge in [0.1, 0.15) is 11.6 Å². The number of aromatic nitrogens is 1. The smallest absolute Gasteiger partial charge is 0.256 e. The van der Waals surface area contributed by atoms with Gasteiger partial charge < -0.3 is 10.2 Å². The van der Waals surface area contributed by atoms with E-state index < -0.39 is 0 Å². The molecule has 0 spiro atoms. The van der Waals surface area contributed by atoms with E-state index in [2.05, 4.69) is 29.0 Å². The van der Waals surface area contributed by atoms with Crippen LogP contribution in [0.3, 0.4) is 0 Å². The number of nitrogens with zero attached hydrogens (tertiary/aromatic N) is 2. The number of amides is 1. The van der Waals surface area contributed by atoms with Crippen LogP contribution in [0.1, 0.15) is 24.2 Å². The van der Waals surface area contributed by atoms with Crippen molar-refractivity contribution in [2.24, 2.45) is 0 Å². The van der Waals surface area contributed by atoms with Gasteiger partial charge in [0.25, 0.3) is 5.91 Å². The molecule has 1 aromatic carbocycles. The Morgan fingerprint density at radius 1 is 1.14 bits per heavy atom. The van der Waals surface area contributed by atoms with Gasteiger partial charge in [0.05, 0.1) is 11.9 Å². The minimum absolute atomic E-state index is 0.307. The summed E-state index contributed by atoms with van der Waals surface area (Å²) in [6, 6.07) is 9.07. The van der Waals surface area contributed by atoms with E-state index in [1.165, 1.54) is 24.3 Å². The van der Waals surface area contributed by atoms with Gasteiger partial charge in [-0.3, -0.25) is 4.79 Å². The normalized spacial score (nSPS) is 10.2. The van der Waals surface area contributed by atoms with E-state index >= 15 is 0 Å². The van der Waals surface area contributed by atoms with Gasteiger partial charge in [-0.2, -0.15) is 0 Å². The number of carbonyl (C=O) groups excluding carboxylic acids is 1. The van der Waals surface area contributed by atoms with E-state index in [4.69, 9.17) is 0 Å². The average Bonchev–Trinajstić information content (AvgIpc) is 2.51. The SMILES string of the molecule is CCN(CC)c1ccc(NC(=O)c2ccc(F)cc2)nc1. The Balaban J connectivity index is 2.06. The third-order valence-electron chi connectivity index (χ3n) is 3.22. The zero-order valence-electron chi connectivity index (χ0n) is 12.1. The van der Waals surface area contributed by atoms with E-state index in [-0.39, 0.29) is 11.7 Å². The van der Waals surface area contributed by atoms with Crippen LogP contribution in [0.15, 0.2) is 42.6 Å². The first-order chi connectivity index (χ1) is 10.1. The molecule has 0 fully saturated rings. The summed E-state index contributed by atoms with van der Waals surface area (Å²) >= 11 is 0. The Morgan fingerprint density at radius 2 is 1.81 bits per heavy atom. The third-order valence-corrected chi connectivity index (χ3v) is 3.22. The predicted octanol–water partition coefficient (Wildman–Crippen LogP) is 3.32. The highest BCUT2D eigenvalue weighted by atomic mass is 19.1. The van der Waals surface area contributed by atoms with Crippen LogP contribution in [0.2, 0.25) is 0 Å². The molecule has 0 aliphatic rings. The first kappa shape index (κ1) is 15.0. The first-order valence-electron chi connectivity index (χ1n) is 6.92. The molecule has 110 valence electrons. The van der Waals surface area contributed by atoms with Crippen LogP contribution in [0.5, 0.6) is 0 Å². The molecule has 1 aromatic heterocycles. The van der Waals surface area contributed by atoms with Gasteiger partial charge in [0, 0.05) is 18.7 Å². The summed E-state index contributed by atoms with van der Waals surface area (Å²) in [6.45, 7) is 5.96. The standard InChI is InChI=1S/C16H18FN3O/c1-3-20(4-2)14-9-10-15(18-11-14)19-16(21)12-5-7-13(17)8-6-12/h5-11H,3-4H2,1-2H3,(H,18,19,21). The lowest BCUT2D eigenvalue weighted by Crippen LogP contribution is -2.22. The lowest BCUT2D eigenvalue weighted by atomic mass is 10.2. The number of anilines is 2. The Bertz CT molecular complexity index is 592. The number of rotatable bonds is 5. The highest BCUT2D eigenvalue weighted by Crippen LogP contribution is 2.15. The second-order valence-electron chi connectivity index (χ2n) is 4.53. The fourth-order valence-electron chi connectivity index (χ4n) is 2.03. The molecule has 0 radical (unpaired) electrons. The van der Waals surface area contributed by atoms with Crippen LogP contribution < -0.4 is 10.2 Å². The van der Waals surface area contributed by atoms with Crippen molar-refractivity contribution in [1.82, 2.24) is 4.98 Å². The van der Waals surface area contributed by atoms with Crippen LogP contribution >= 0.6 is 0 Å². The monoisotopic (exact) mass is 287 g/mol. The molecule has 2 aromatic rings. The number of nitrogens with one attached hydrogen (secondary N) is 1. The van der Waals surface area contributed by atoms with E-state index in [0.29, 0.717) is 11.4 Å². The number of hydrogen-bond donors (Lipinski definition) is 1. The summed E-state index contributed by atoms with van der Waals surface area (Å²) < 4.78 is 12.8. The molecule has 0 aliphatic heterocycles. The molecule has 4 nitrogen and oxygen atoms in total. The lowest BCUT2D eigenvalue weighted by molar-refractivity contribution is 0.102. The van der Waals surface area contributed by atoms with Crippen LogP contribution in [0.25, 0.3) is 0 Å². The van der Waals surface area contributed by atoms with E-state index in [9.17, 15) is 9.18 Å². The summed E-state index contributed by atoms with van der Waals surface area (Å²) in [6.07, 6.45) is 1.73. The van der Waals surface area contributed by atoms with E-state index in [1.807, 2.05) is 6.07 Å². The van der Waals surface area contributed by atoms with E-state index in [1.54, 1.807) is 12.3 Å². The van der Waals surface area contributed by atoms with Crippen molar-refractivity contribution >= 4 is 17.4 Å². The van der Waals surface area contributed by atoms with Gasteiger partial charge in [-0.1, -0.05) is 0 Å². The van der Waals surface area contributed by atoms with Gasteiger partial charge in [-0.05, 0) is 50.2 Å². The second kappa shape index (κ2) is 6.83. The first-order valence-corrected chi connectivity index (χ1v) is 6.92. The van der Waals surface area contributed by atoms with Crippen molar-refractivity contribution in [2.45, 2.75) is 13.8 Å². The number of carbonyl (C=O) groups is 1. The minimum atomic E-state index is -0.367. The number of halogens is 1. The molecule has 0 atom stereocenters. The zero-order valence-corrected chi connectivity index (χ0v) is 12.1. The van der Waals surface area contributed by atoms with Gasteiger partial charge in [-0.15, -0.1) is 0 Å². The molecule has 1 N–H and O–H groups in total. The van der Waals surface area contributed by atoms with Crippen molar-refractivity contribution in [1.29, 1.82) is 0 Å². The van der Waals surface area contributed by atoms with Crippen molar-refractivity contribution in [3.8, 4) is 0 Å². The summed E-state index contributed by atoms with van der Waals surface area (Å²) in [4.78, 5) is 18.4. The molecule has 5 heteroatoms. The summed E-state index contributed by atoms with van der Waals surface area (Å²) in [5.74, 6) is -0.202. The topological polar surface area (TPSA) is 45.2 Å². The Hall–Kier alpha value is -2.43. The number of benzene rings is 1. The molecule has 0 bridgehead atoms. The van der Waals surface area contributed by atoms with Crippen molar-refractivity contribution in [2.75, 3.05) is 23.3 Å². The maximum absolute atomic E-state index is 12.8. The summed E-state index contributed by atoms with van der Waals surface area (Å²) in [5.41, 5.74) is 1.41. The van der Waals surface area contributed by atoms with Gasteiger partial charge in [0.2, 0.25) is 0 Å². The lowest BCUT2D eigenvalue weighted by Gasteiger charge is -2.20. The molecule has 1 heterocycles. The van der Waals surface area contributed by atoms with Crippen LogP contribution in [0, 0.1) is 5.82 Å². The van der Waals surface area contributed by atoms with Gasteiger partial charge >= 0.3 is 0 Å². The third kappa shape index (κ3) is 3.78. The van der Waals surface area contributed by atoms with Crippen LogP contribution in [-0.2, 0) is 0 Å². The average molecular weight is 287 g/mol. The molecule has 0 saturated carbocycles. The van der Waals surface area contributed by atoms with Gasteiger partial charge in [-0.25, -0.2) is 9.37 Å². The summed E-state index contributed by atoms with van der Waals surface area (Å²) in [7, 11) is 0. The minimum Gasteiger partial charge on any atom is -0.371 e. The maximum Gasteiger partial charge on any atom is 0.256 e. The highest BCUT2D eigenvalue weighted by molar-refractivity contribution is 6.03. The summed E-state index contributed by atoms with van der Waals surface area (Å²) in [5, 5.41) is 2.69. The fraction of sp³-hybridized carbons (Fsp3) is 0.250. The molecule has 21 heavy (non-hydrogen) atoms.